The zero-order chi connectivity index (χ0) is 15.4. The highest BCUT2D eigenvalue weighted by molar-refractivity contribution is 9.10. The summed E-state index contributed by atoms with van der Waals surface area (Å²) in [6.45, 7) is 7.65. The van der Waals surface area contributed by atoms with Gasteiger partial charge in [0.1, 0.15) is 0 Å². The van der Waals surface area contributed by atoms with Crippen LogP contribution in [0.4, 0.5) is 5.69 Å². The molecule has 0 bridgehead atoms. The molecule has 0 aliphatic carbocycles. The second-order valence-electron chi connectivity index (χ2n) is 6.19. The lowest BCUT2D eigenvalue weighted by Crippen LogP contribution is -2.45. The molecule has 1 aliphatic heterocycles. The van der Waals surface area contributed by atoms with Gasteiger partial charge < -0.3 is 15.1 Å². The molecule has 1 aromatic rings. The second kappa shape index (κ2) is 7.61. The van der Waals surface area contributed by atoms with E-state index in [4.69, 9.17) is 0 Å². The predicted molar refractivity (Wildman–Crippen MR) is 95.2 cm³/mol. The first kappa shape index (κ1) is 16.8. The van der Waals surface area contributed by atoms with Crippen molar-refractivity contribution < 1.29 is 0 Å². The van der Waals surface area contributed by atoms with Crippen LogP contribution in [-0.2, 0) is 0 Å². The van der Waals surface area contributed by atoms with Gasteiger partial charge in [-0.05, 0) is 58.1 Å². The number of anilines is 1. The summed E-state index contributed by atoms with van der Waals surface area (Å²) in [6, 6.07) is 7.85. The molecule has 3 nitrogen and oxygen atoms in total. The molecule has 1 N–H and O–H groups in total. The normalized spacial score (nSPS) is 20.9. The van der Waals surface area contributed by atoms with Crippen LogP contribution in [0.25, 0.3) is 0 Å². The van der Waals surface area contributed by atoms with Crippen molar-refractivity contribution in [3.05, 3.63) is 28.2 Å². The third-order valence-corrected chi connectivity index (χ3v) is 5.14. The Kier molecular flexibility index (Phi) is 6.08. The number of hydrogen-bond acceptors (Lipinski definition) is 3. The van der Waals surface area contributed by atoms with Crippen molar-refractivity contribution in [3.63, 3.8) is 0 Å². The van der Waals surface area contributed by atoms with Gasteiger partial charge in [0.25, 0.3) is 0 Å². The van der Waals surface area contributed by atoms with E-state index in [-0.39, 0.29) is 0 Å². The molecule has 0 amide bonds. The predicted octanol–water partition coefficient (Wildman–Crippen LogP) is 3.65. The molecular formula is C17H28BrN3. The van der Waals surface area contributed by atoms with E-state index in [1.165, 1.54) is 35.1 Å². The van der Waals surface area contributed by atoms with E-state index in [0.29, 0.717) is 12.1 Å². The Balaban J connectivity index is 2.12. The minimum absolute atomic E-state index is 0.384. The molecule has 118 valence electrons. The van der Waals surface area contributed by atoms with Crippen LogP contribution in [0.15, 0.2) is 22.7 Å². The SMILES string of the molecule is CCNC(C)c1ccc(N2CCCC(N(C)C)C2)cc1Br. The molecule has 1 saturated heterocycles. The molecule has 2 atom stereocenters. The largest absolute Gasteiger partial charge is 0.370 e. The van der Waals surface area contributed by atoms with Gasteiger partial charge in [-0.3, -0.25) is 0 Å². The zero-order valence-corrected chi connectivity index (χ0v) is 15.3. The number of likely N-dealkylation sites (N-methyl/N-ethyl adjacent to an activating group) is 1. The van der Waals surface area contributed by atoms with E-state index in [0.717, 1.165) is 13.1 Å². The number of hydrogen-bond donors (Lipinski definition) is 1. The average Bonchev–Trinajstić information content (AvgIpc) is 2.47. The average molecular weight is 354 g/mol. The molecule has 2 rings (SSSR count). The summed E-state index contributed by atoms with van der Waals surface area (Å²) in [4.78, 5) is 4.86. The standard InChI is InChI=1S/C17H28BrN3/c1-5-19-13(2)16-9-8-14(11-17(16)18)21-10-6-7-15(12-21)20(3)4/h8-9,11,13,15,19H,5-7,10,12H2,1-4H3. The fourth-order valence-corrected chi connectivity index (χ4v) is 3.80. The summed E-state index contributed by atoms with van der Waals surface area (Å²) < 4.78 is 1.21. The van der Waals surface area contributed by atoms with Gasteiger partial charge in [0.05, 0.1) is 0 Å². The first-order chi connectivity index (χ1) is 10.0. The summed E-state index contributed by atoms with van der Waals surface area (Å²) in [5, 5.41) is 3.47. The molecule has 0 radical (unpaired) electrons. The molecular weight excluding hydrogens is 326 g/mol. The van der Waals surface area contributed by atoms with Crippen molar-refractivity contribution in [1.82, 2.24) is 10.2 Å². The monoisotopic (exact) mass is 353 g/mol. The first-order valence-electron chi connectivity index (χ1n) is 7.97. The second-order valence-corrected chi connectivity index (χ2v) is 7.05. The van der Waals surface area contributed by atoms with E-state index in [9.17, 15) is 0 Å². The van der Waals surface area contributed by atoms with E-state index < -0.39 is 0 Å². The molecule has 1 fully saturated rings. The smallest absolute Gasteiger partial charge is 0.0378 e. The van der Waals surface area contributed by atoms with Crippen LogP contribution in [-0.4, -0.2) is 44.7 Å². The van der Waals surface area contributed by atoms with Gasteiger partial charge in [-0.15, -0.1) is 0 Å². The summed E-state index contributed by atoms with van der Waals surface area (Å²) in [5.74, 6) is 0. The van der Waals surface area contributed by atoms with E-state index >= 15 is 0 Å². The summed E-state index contributed by atoms with van der Waals surface area (Å²) >= 11 is 3.75. The van der Waals surface area contributed by atoms with Gasteiger partial charge in [0.2, 0.25) is 0 Å². The van der Waals surface area contributed by atoms with Crippen LogP contribution in [0.1, 0.15) is 38.3 Å². The highest BCUT2D eigenvalue weighted by Gasteiger charge is 2.22. The maximum absolute atomic E-state index is 3.75. The number of rotatable bonds is 5. The fraction of sp³-hybridized carbons (Fsp3) is 0.647. The van der Waals surface area contributed by atoms with Crippen molar-refractivity contribution in [2.45, 2.75) is 38.8 Å². The Hall–Kier alpha value is -0.580. The summed E-state index contributed by atoms with van der Waals surface area (Å²) in [7, 11) is 4.37. The maximum Gasteiger partial charge on any atom is 0.0378 e. The van der Waals surface area contributed by atoms with Crippen molar-refractivity contribution in [2.24, 2.45) is 0 Å². The van der Waals surface area contributed by atoms with Crippen LogP contribution >= 0.6 is 15.9 Å². The first-order valence-corrected chi connectivity index (χ1v) is 8.76. The van der Waals surface area contributed by atoms with E-state index in [1.54, 1.807) is 0 Å². The molecule has 1 heterocycles. The quantitative estimate of drug-likeness (QED) is 0.871. The lowest BCUT2D eigenvalue weighted by Gasteiger charge is -2.37. The lowest BCUT2D eigenvalue weighted by atomic mass is 10.0. The van der Waals surface area contributed by atoms with Gasteiger partial charge in [0, 0.05) is 35.3 Å². The van der Waals surface area contributed by atoms with Crippen molar-refractivity contribution in [1.29, 1.82) is 0 Å². The molecule has 0 spiro atoms. The maximum atomic E-state index is 3.75. The minimum atomic E-state index is 0.384. The van der Waals surface area contributed by atoms with Gasteiger partial charge in [-0.2, -0.15) is 0 Å². The Morgan fingerprint density at radius 1 is 1.43 bits per heavy atom. The third kappa shape index (κ3) is 4.21. The molecule has 1 aliphatic rings. The van der Waals surface area contributed by atoms with Gasteiger partial charge >= 0.3 is 0 Å². The lowest BCUT2D eigenvalue weighted by molar-refractivity contribution is 0.258. The Labute approximate surface area is 137 Å². The molecule has 1 aromatic carbocycles. The number of nitrogens with zero attached hydrogens (tertiary/aromatic N) is 2. The number of nitrogens with one attached hydrogen (secondary N) is 1. The number of piperidine rings is 1. The Morgan fingerprint density at radius 2 is 2.19 bits per heavy atom. The highest BCUT2D eigenvalue weighted by atomic mass is 79.9. The van der Waals surface area contributed by atoms with Crippen LogP contribution in [0, 0.1) is 0 Å². The molecule has 4 heteroatoms. The van der Waals surface area contributed by atoms with Crippen LogP contribution in [0.5, 0.6) is 0 Å². The Morgan fingerprint density at radius 3 is 2.81 bits per heavy atom. The zero-order valence-electron chi connectivity index (χ0n) is 13.7. The molecule has 0 aromatic heterocycles. The van der Waals surface area contributed by atoms with Crippen molar-refractivity contribution in [3.8, 4) is 0 Å². The molecule has 21 heavy (non-hydrogen) atoms. The summed E-state index contributed by atoms with van der Waals surface area (Å²) in [6.07, 6.45) is 2.58. The van der Waals surface area contributed by atoms with Gasteiger partial charge in [0.15, 0.2) is 0 Å². The minimum Gasteiger partial charge on any atom is -0.370 e. The van der Waals surface area contributed by atoms with Crippen LogP contribution in [0.2, 0.25) is 0 Å². The summed E-state index contributed by atoms with van der Waals surface area (Å²) in [5.41, 5.74) is 2.67. The molecule has 2 unspecified atom stereocenters. The highest BCUT2D eigenvalue weighted by Crippen LogP contribution is 2.30. The van der Waals surface area contributed by atoms with Gasteiger partial charge in [-0.25, -0.2) is 0 Å². The topological polar surface area (TPSA) is 18.5 Å². The fourth-order valence-electron chi connectivity index (χ4n) is 3.09. The third-order valence-electron chi connectivity index (χ3n) is 4.45. The van der Waals surface area contributed by atoms with Crippen LogP contribution < -0.4 is 10.2 Å². The number of halogens is 1. The molecule has 0 saturated carbocycles. The Bertz CT molecular complexity index is 461. The van der Waals surface area contributed by atoms with Gasteiger partial charge in [-0.1, -0.05) is 28.9 Å². The van der Waals surface area contributed by atoms with E-state index in [2.05, 4.69) is 77.2 Å². The van der Waals surface area contributed by atoms with Crippen molar-refractivity contribution in [2.75, 3.05) is 38.6 Å². The number of benzene rings is 1. The van der Waals surface area contributed by atoms with Crippen LogP contribution in [0.3, 0.4) is 0 Å². The van der Waals surface area contributed by atoms with E-state index in [1.807, 2.05) is 0 Å². The van der Waals surface area contributed by atoms with Crippen molar-refractivity contribution >= 4 is 21.6 Å².